The smallest absolute Gasteiger partial charge is 0.129 e. The highest BCUT2D eigenvalue weighted by Gasteiger charge is 2.13. The summed E-state index contributed by atoms with van der Waals surface area (Å²) < 4.78 is 0. The zero-order valence-electron chi connectivity index (χ0n) is 11.9. The first-order valence-electron chi connectivity index (χ1n) is 6.70. The second-order valence-electron chi connectivity index (χ2n) is 6.02. The first kappa shape index (κ1) is 13.2. The van der Waals surface area contributed by atoms with E-state index in [4.69, 9.17) is 0 Å². The molecular weight excluding hydrogens is 236 g/mol. The highest BCUT2D eigenvalue weighted by molar-refractivity contribution is 6.83. The van der Waals surface area contributed by atoms with Gasteiger partial charge in [0.15, 0.2) is 0 Å². The van der Waals surface area contributed by atoms with Gasteiger partial charge in [0.2, 0.25) is 0 Å². The molecule has 1 fully saturated rings. The molecule has 0 saturated carbocycles. The molecule has 1 aromatic rings. The average molecular weight is 258 g/mol. The summed E-state index contributed by atoms with van der Waals surface area (Å²) in [6, 6.07) is 2.21. The van der Waals surface area contributed by atoms with Crippen molar-refractivity contribution >= 4 is 13.8 Å². The molecular formula is C15H22N2Si. The molecule has 0 N–H and O–H groups in total. The summed E-state index contributed by atoms with van der Waals surface area (Å²) in [5.41, 5.74) is 6.81. The molecule has 1 aliphatic heterocycles. The number of nitrogens with zero attached hydrogens (tertiary/aromatic N) is 2. The number of aromatic nitrogens is 1. The van der Waals surface area contributed by atoms with E-state index in [1.807, 2.05) is 13.1 Å². The number of pyridine rings is 1. The summed E-state index contributed by atoms with van der Waals surface area (Å²) >= 11 is 0. The molecule has 1 saturated heterocycles. The molecule has 0 aromatic carbocycles. The highest BCUT2D eigenvalue weighted by Crippen LogP contribution is 2.21. The van der Waals surface area contributed by atoms with Crippen LogP contribution in [0.4, 0.5) is 5.69 Å². The molecule has 1 aromatic heterocycles. The van der Waals surface area contributed by atoms with E-state index < -0.39 is 8.07 Å². The van der Waals surface area contributed by atoms with Gasteiger partial charge < -0.3 is 4.90 Å². The molecule has 18 heavy (non-hydrogen) atoms. The highest BCUT2D eigenvalue weighted by atomic mass is 28.3. The van der Waals surface area contributed by atoms with Crippen molar-refractivity contribution in [3.05, 3.63) is 23.5 Å². The van der Waals surface area contributed by atoms with Gasteiger partial charge in [0, 0.05) is 18.7 Å². The van der Waals surface area contributed by atoms with Gasteiger partial charge in [-0.1, -0.05) is 25.6 Å². The van der Waals surface area contributed by atoms with Crippen molar-refractivity contribution in [2.24, 2.45) is 0 Å². The Labute approximate surface area is 111 Å². The van der Waals surface area contributed by atoms with E-state index >= 15 is 0 Å². The fourth-order valence-electron chi connectivity index (χ4n) is 2.05. The zero-order chi connectivity index (χ0) is 13.2. The van der Waals surface area contributed by atoms with Gasteiger partial charge in [0.1, 0.15) is 8.07 Å². The minimum absolute atomic E-state index is 1.05. The first-order chi connectivity index (χ1) is 8.46. The van der Waals surface area contributed by atoms with E-state index in [-0.39, 0.29) is 0 Å². The van der Waals surface area contributed by atoms with Crippen molar-refractivity contribution < 1.29 is 0 Å². The van der Waals surface area contributed by atoms with Crippen LogP contribution >= 0.6 is 0 Å². The van der Waals surface area contributed by atoms with Crippen molar-refractivity contribution in [1.82, 2.24) is 4.98 Å². The molecule has 96 valence electrons. The van der Waals surface area contributed by atoms with Crippen molar-refractivity contribution in [3.63, 3.8) is 0 Å². The van der Waals surface area contributed by atoms with Crippen molar-refractivity contribution in [2.45, 2.75) is 39.4 Å². The van der Waals surface area contributed by atoms with Gasteiger partial charge in [-0.15, -0.1) is 5.54 Å². The Kier molecular flexibility index (Phi) is 3.77. The van der Waals surface area contributed by atoms with Crippen LogP contribution in [0.3, 0.4) is 0 Å². The van der Waals surface area contributed by atoms with Crippen LogP contribution in [0.1, 0.15) is 24.1 Å². The minimum Gasteiger partial charge on any atom is -0.370 e. The quantitative estimate of drug-likeness (QED) is 0.568. The van der Waals surface area contributed by atoms with E-state index in [1.54, 1.807) is 0 Å². The number of rotatable bonds is 1. The maximum absolute atomic E-state index is 4.50. The predicted molar refractivity (Wildman–Crippen MR) is 80.6 cm³/mol. The van der Waals surface area contributed by atoms with Crippen LogP contribution in [-0.4, -0.2) is 26.1 Å². The SMILES string of the molecule is Cc1ncc(N2CCCC2)cc1C#C[Si](C)(C)C. The summed E-state index contributed by atoms with van der Waals surface area (Å²) in [4.78, 5) is 6.90. The normalized spacial score (nSPS) is 15.4. The number of anilines is 1. The maximum Gasteiger partial charge on any atom is 0.129 e. The van der Waals surface area contributed by atoms with E-state index in [1.165, 1.54) is 18.5 Å². The third-order valence-electron chi connectivity index (χ3n) is 3.12. The summed E-state index contributed by atoms with van der Waals surface area (Å²) in [6.07, 6.45) is 4.58. The summed E-state index contributed by atoms with van der Waals surface area (Å²) in [5, 5.41) is 0. The molecule has 0 aliphatic carbocycles. The third kappa shape index (κ3) is 3.36. The molecule has 2 heterocycles. The molecule has 2 rings (SSSR count). The van der Waals surface area contributed by atoms with Crippen LogP contribution in [0, 0.1) is 18.4 Å². The van der Waals surface area contributed by atoms with Gasteiger partial charge in [-0.25, -0.2) is 0 Å². The molecule has 0 atom stereocenters. The van der Waals surface area contributed by atoms with E-state index in [0.29, 0.717) is 0 Å². The molecule has 0 bridgehead atoms. The largest absolute Gasteiger partial charge is 0.370 e. The summed E-state index contributed by atoms with van der Waals surface area (Å²) in [7, 11) is -1.31. The van der Waals surface area contributed by atoms with Crippen LogP contribution < -0.4 is 4.90 Å². The molecule has 2 nitrogen and oxygen atoms in total. The lowest BCUT2D eigenvalue weighted by Crippen LogP contribution is -2.18. The van der Waals surface area contributed by atoms with Crippen LogP contribution in [0.2, 0.25) is 19.6 Å². The third-order valence-corrected chi connectivity index (χ3v) is 3.99. The fourth-order valence-corrected chi connectivity index (χ4v) is 2.56. The Bertz CT molecular complexity index is 485. The molecule has 1 aliphatic rings. The lowest BCUT2D eigenvalue weighted by molar-refractivity contribution is 0.949. The molecule has 3 heteroatoms. The standard InChI is InChI=1S/C15H22N2Si/c1-13-14(7-10-18(2,3)4)11-15(12-16-13)17-8-5-6-9-17/h11-12H,5-6,8-9H2,1-4H3. The van der Waals surface area contributed by atoms with Crippen LogP contribution in [0.15, 0.2) is 12.3 Å². The molecule has 0 amide bonds. The Hall–Kier alpha value is -1.27. The number of hydrogen-bond donors (Lipinski definition) is 0. The lowest BCUT2D eigenvalue weighted by Gasteiger charge is -2.17. The topological polar surface area (TPSA) is 16.1 Å². The van der Waals surface area contributed by atoms with Crippen LogP contribution in [0.25, 0.3) is 0 Å². The summed E-state index contributed by atoms with van der Waals surface area (Å²) in [5.74, 6) is 3.34. The van der Waals surface area contributed by atoms with E-state index in [0.717, 1.165) is 24.3 Å². The van der Waals surface area contributed by atoms with E-state index in [9.17, 15) is 0 Å². The Balaban J connectivity index is 2.28. The van der Waals surface area contributed by atoms with Gasteiger partial charge in [-0.3, -0.25) is 4.98 Å². The first-order valence-corrected chi connectivity index (χ1v) is 10.2. The van der Waals surface area contributed by atoms with Gasteiger partial charge in [0.05, 0.1) is 17.6 Å². The molecule has 0 spiro atoms. The van der Waals surface area contributed by atoms with Gasteiger partial charge in [-0.2, -0.15) is 0 Å². The Morgan fingerprint density at radius 2 is 1.89 bits per heavy atom. The van der Waals surface area contributed by atoms with Crippen LogP contribution in [-0.2, 0) is 0 Å². The number of hydrogen-bond acceptors (Lipinski definition) is 2. The van der Waals surface area contributed by atoms with Gasteiger partial charge >= 0.3 is 0 Å². The lowest BCUT2D eigenvalue weighted by atomic mass is 10.2. The average Bonchev–Trinajstić information content (AvgIpc) is 2.80. The summed E-state index contributed by atoms with van der Waals surface area (Å²) in [6.45, 7) is 11.2. The van der Waals surface area contributed by atoms with Crippen molar-refractivity contribution in [3.8, 4) is 11.5 Å². The maximum atomic E-state index is 4.50. The fraction of sp³-hybridized carbons (Fsp3) is 0.533. The van der Waals surface area contributed by atoms with Gasteiger partial charge in [-0.05, 0) is 25.8 Å². The second kappa shape index (κ2) is 5.15. The zero-order valence-corrected chi connectivity index (χ0v) is 12.9. The van der Waals surface area contributed by atoms with Crippen molar-refractivity contribution in [1.29, 1.82) is 0 Å². The van der Waals surface area contributed by atoms with Crippen molar-refractivity contribution in [2.75, 3.05) is 18.0 Å². The monoisotopic (exact) mass is 258 g/mol. The van der Waals surface area contributed by atoms with Crippen LogP contribution in [0.5, 0.6) is 0 Å². The Morgan fingerprint density at radius 1 is 1.22 bits per heavy atom. The molecule has 0 unspecified atom stereocenters. The predicted octanol–water partition coefficient (Wildman–Crippen LogP) is 3.22. The minimum atomic E-state index is -1.31. The number of aryl methyl sites for hydroxylation is 1. The van der Waals surface area contributed by atoms with Gasteiger partial charge in [0.25, 0.3) is 0 Å². The molecule has 0 radical (unpaired) electrons. The Morgan fingerprint density at radius 3 is 2.50 bits per heavy atom. The van der Waals surface area contributed by atoms with E-state index in [2.05, 4.69) is 47.1 Å². The second-order valence-corrected chi connectivity index (χ2v) is 10.8.